The summed E-state index contributed by atoms with van der Waals surface area (Å²) >= 11 is 0. The lowest BCUT2D eigenvalue weighted by Gasteiger charge is -2.31. The molecule has 0 amide bonds. The Morgan fingerprint density at radius 2 is 1.40 bits per heavy atom. The van der Waals surface area contributed by atoms with Crippen LogP contribution in [0, 0.1) is 0 Å². The molecule has 0 spiro atoms. The van der Waals surface area contributed by atoms with Gasteiger partial charge in [-0.15, -0.1) is 0 Å². The zero-order valence-electron chi connectivity index (χ0n) is 7.65. The molecule has 0 aromatic heterocycles. The number of nitrogens with zero attached hydrogens (tertiary/aromatic N) is 1. The Bertz CT molecular complexity index is 69.7. The van der Waals surface area contributed by atoms with Gasteiger partial charge in [0.15, 0.2) is 0 Å². The van der Waals surface area contributed by atoms with Crippen molar-refractivity contribution < 1.29 is 21.5 Å². The van der Waals surface area contributed by atoms with E-state index in [0.717, 1.165) is 0 Å². The van der Waals surface area contributed by atoms with Gasteiger partial charge in [-0.2, -0.15) is 0 Å². The van der Waals surface area contributed by atoms with Gasteiger partial charge in [-0.1, -0.05) is 6.92 Å². The smallest absolute Gasteiger partial charge is 0.0781 e. The molecule has 2 heteroatoms. The third kappa shape index (κ3) is 4.29. The monoisotopic (exact) mass is 209 g/mol. The van der Waals surface area contributed by atoms with Crippen molar-refractivity contribution in [2.24, 2.45) is 0 Å². The summed E-state index contributed by atoms with van der Waals surface area (Å²) in [6.07, 6.45) is 1.30. The Kier molecular flexibility index (Phi) is 8.06. The number of hydrogen-bond acceptors (Lipinski definition) is 0. The maximum atomic E-state index is 2.32. The number of quaternary nitrogens is 1. The minimum absolute atomic E-state index is 0. The molecule has 0 saturated heterocycles. The van der Waals surface area contributed by atoms with Gasteiger partial charge in [0.1, 0.15) is 0 Å². The van der Waals surface area contributed by atoms with Crippen molar-refractivity contribution in [1.29, 1.82) is 0 Å². The molecule has 0 aliphatic rings. The quantitative estimate of drug-likeness (QED) is 0.516. The summed E-state index contributed by atoms with van der Waals surface area (Å²) in [6, 6.07) is 0. The molecule has 0 aromatic carbocycles. The van der Waals surface area contributed by atoms with E-state index >= 15 is 0 Å². The molecule has 0 saturated carbocycles. The first-order valence-corrected chi connectivity index (χ1v) is 4.02. The molecule has 0 radical (unpaired) electrons. The molecule has 0 aliphatic carbocycles. The summed E-state index contributed by atoms with van der Waals surface area (Å²) in [4.78, 5) is 0. The molecule has 0 fully saturated rings. The first-order chi connectivity index (χ1) is 4.18. The first-order valence-electron chi connectivity index (χ1n) is 4.02. The van der Waals surface area contributed by atoms with Crippen molar-refractivity contribution in [2.75, 3.05) is 26.7 Å². The standard InChI is InChI=1S/C8H20N.BrH/c1-5-8-9(4,6-2)7-3;/h5-8H2,1-4H3;1H/q+1;/p-1. The second kappa shape index (κ2) is 6.17. The first kappa shape index (κ1) is 13.1. The van der Waals surface area contributed by atoms with Crippen molar-refractivity contribution in [3.05, 3.63) is 0 Å². The fourth-order valence-electron chi connectivity index (χ4n) is 1.08. The number of rotatable bonds is 4. The predicted octanol–water partition coefficient (Wildman–Crippen LogP) is -1.11. The van der Waals surface area contributed by atoms with Crippen LogP contribution < -0.4 is 17.0 Å². The molecule has 1 nitrogen and oxygen atoms in total. The highest BCUT2D eigenvalue weighted by molar-refractivity contribution is 4.30. The SMILES string of the molecule is CCC[N+](C)(CC)CC.[Br-]. The van der Waals surface area contributed by atoms with Crippen molar-refractivity contribution >= 4 is 0 Å². The van der Waals surface area contributed by atoms with Gasteiger partial charge in [0.25, 0.3) is 0 Å². The molecule has 0 aromatic rings. The van der Waals surface area contributed by atoms with Crippen LogP contribution in [0.2, 0.25) is 0 Å². The molecule has 0 unspecified atom stereocenters. The van der Waals surface area contributed by atoms with Crippen LogP contribution in [0.3, 0.4) is 0 Å². The normalized spacial score (nSPS) is 10.8. The van der Waals surface area contributed by atoms with Crippen molar-refractivity contribution in [1.82, 2.24) is 0 Å². The lowest BCUT2D eigenvalue weighted by Crippen LogP contribution is -3.00. The highest BCUT2D eigenvalue weighted by Crippen LogP contribution is 2.01. The van der Waals surface area contributed by atoms with Gasteiger partial charge in [-0.05, 0) is 20.3 Å². The van der Waals surface area contributed by atoms with E-state index in [4.69, 9.17) is 0 Å². The van der Waals surface area contributed by atoms with Gasteiger partial charge in [0, 0.05) is 0 Å². The van der Waals surface area contributed by atoms with Crippen molar-refractivity contribution in [3.8, 4) is 0 Å². The van der Waals surface area contributed by atoms with Crippen LogP contribution in [-0.2, 0) is 0 Å². The maximum Gasteiger partial charge on any atom is 0.0781 e. The average molecular weight is 210 g/mol. The van der Waals surface area contributed by atoms with Gasteiger partial charge in [0.2, 0.25) is 0 Å². The highest BCUT2D eigenvalue weighted by Gasteiger charge is 2.13. The minimum Gasteiger partial charge on any atom is -1.00 e. The van der Waals surface area contributed by atoms with Crippen molar-refractivity contribution in [3.63, 3.8) is 0 Å². The molecule has 0 atom stereocenters. The van der Waals surface area contributed by atoms with E-state index in [1.54, 1.807) is 0 Å². The summed E-state index contributed by atoms with van der Waals surface area (Å²) in [6.45, 7) is 10.6. The molecular formula is C8H20BrN. The van der Waals surface area contributed by atoms with E-state index in [0.29, 0.717) is 0 Å². The average Bonchev–Trinajstić information content (AvgIpc) is 1.89. The van der Waals surface area contributed by atoms with E-state index in [9.17, 15) is 0 Å². The van der Waals surface area contributed by atoms with Gasteiger partial charge in [-0.3, -0.25) is 0 Å². The van der Waals surface area contributed by atoms with Gasteiger partial charge < -0.3 is 21.5 Å². The van der Waals surface area contributed by atoms with Crippen LogP contribution in [0.15, 0.2) is 0 Å². The lowest BCUT2D eigenvalue weighted by molar-refractivity contribution is -0.906. The molecule has 10 heavy (non-hydrogen) atoms. The van der Waals surface area contributed by atoms with E-state index in [-0.39, 0.29) is 17.0 Å². The summed E-state index contributed by atoms with van der Waals surface area (Å²) in [5.41, 5.74) is 0. The van der Waals surface area contributed by atoms with E-state index < -0.39 is 0 Å². The molecule has 0 aliphatic heterocycles. The largest absolute Gasteiger partial charge is 1.00 e. The topological polar surface area (TPSA) is 0 Å². The van der Waals surface area contributed by atoms with Crippen LogP contribution in [-0.4, -0.2) is 31.2 Å². The summed E-state index contributed by atoms with van der Waals surface area (Å²) in [5, 5.41) is 0. The number of hydrogen-bond donors (Lipinski definition) is 0. The Hall–Kier alpha value is 0.440. The van der Waals surface area contributed by atoms with Crippen molar-refractivity contribution in [2.45, 2.75) is 27.2 Å². The zero-order chi connectivity index (χ0) is 7.33. The van der Waals surface area contributed by atoms with E-state index in [1.807, 2.05) is 0 Å². The third-order valence-corrected chi connectivity index (χ3v) is 2.29. The summed E-state index contributed by atoms with van der Waals surface area (Å²) in [7, 11) is 2.32. The molecule has 64 valence electrons. The Morgan fingerprint density at radius 3 is 1.50 bits per heavy atom. The fraction of sp³-hybridized carbons (Fsp3) is 1.00. The second-order valence-corrected chi connectivity index (χ2v) is 2.98. The highest BCUT2D eigenvalue weighted by atomic mass is 79.9. The second-order valence-electron chi connectivity index (χ2n) is 2.98. The fourth-order valence-corrected chi connectivity index (χ4v) is 1.08. The Labute approximate surface area is 75.8 Å². The molecule has 0 bridgehead atoms. The lowest BCUT2D eigenvalue weighted by atomic mass is 10.3. The van der Waals surface area contributed by atoms with Crippen LogP contribution >= 0.6 is 0 Å². The minimum atomic E-state index is 0. The van der Waals surface area contributed by atoms with Gasteiger partial charge in [0.05, 0.1) is 26.7 Å². The Balaban J connectivity index is 0. The molecule has 0 N–H and O–H groups in total. The maximum absolute atomic E-state index is 2.32. The Morgan fingerprint density at radius 1 is 1.00 bits per heavy atom. The molecule has 0 rings (SSSR count). The summed E-state index contributed by atoms with van der Waals surface area (Å²) < 4.78 is 1.23. The van der Waals surface area contributed by atoms with E-state index in [2.05, 4.69) is 27.8 Å². The van der Waals surface area contributed by atoms with Gasteiger partial charge in [-0.25, -0.2) is 0 Å². The molecule has 0 heterocycles. The molecular weight excluding hydrogens is 190 g/mol. The van der Waals surface area contributed by atoms with Crippen LogP contribution in [0.4, 0.5) is 0 Å². The third-order valence-electron chi connectivity index (χ3n) is 2.29. The van der Waals surface area contributed by atoms with Gasteiger partial charge >= 0.3 is 0 Å². The van der Waals surface area contributed by atoms with E-state index in [1.165, 1.54) is 30.5 Å². The zero-order valence-corrected chi connectivity index (χ0v) is 9.24. The van der Waals surface area contributed by atoms with Crippen LogP contribution in [0.5, 0.6) is 0 Å². The summed E-state index contributed by atoms with van der Waals surface area (Å²) in [5.74, 6) is 0. The van der Waals surface area contributed by atoms with Crippen LogP contribution in [0.25, 0.3) is 0 Å². The number of halogens is 1. The van der Waals surface area contributed by atoms with Crippen LogP contribution in [0.1, 0.15) is 27.2 Å². The predicted molar refractivity (Wildman–Crippen MR) is 42.4 cm³/mol.